The molecule has 0 spiro atoms. The van der Waals surface area contributed by atoms with Gasteiger partial charge in [0.25, 0.3) is 0 Å². The van der Waals surface area contributed by atoms with Crippen LogP contribution in [-0.4, -0.2) is 5.11 Å². The molecule has 0 aliphatic heterocycles. The van der Waals surface area contributed by atoms with E-state index in [-0.39, 0.29) is 0 Å². The lowest BCUT2D eigenvalue weighted by Gasteiger charge is -2.14. The predicted molar refractivity (Wildman–Crippen MR) is 70.4 cm³/mol. The molecular formula is C16H11NO. The van der Waals surface area contributed by atoms with Crippen molar-refractivity contribution < 1.29 is 5.11 Å². The molecule has 2 aromatic carbocycles. The molecule has 18 heavy (non-hydrogen) atoms. The van der Waals surface area contributed by atoms with E-state index in [4.69, 9.17) is 0 Å². The van der Waals surface area contributed by atoms with Gasteiger partial charge in [0, 0.05) is 0 Å². The summed E-state index contributed by atoms with van der Waals surface area (Å²) >= 11 is 0. The molecule has 2 nitrogen and oxygen atoms in total. The average Bonchev–Trinajstić information content (AvgIpc) is 2.55. The first-order chi connectivity index (χ1) is 8.81. The van der Waals surface area contributed by atoms with E-state index in [0.717, 1.165) is 22.3 Å². The highest BCUT2D eigenvalue weighted by atomic mass is 16.3. The minimum absolute atomic E-state index is 0.592. The smallest absolute Gasteiger partial charge is 0.105 e. The number of nitrogens with zero attached hydrogens (tertiary/aromatic N) is 1. The predicted octanol–water partition coefficient (Wildman–Crippen LogP) is 3.15. The highest BCUT2D eigenvalue weighted by molar-refractivity contribution is 5.92. The Morgan fingerprint density at radius 3 is 2.39 bits per heavy atom. The van der Waals surface area contributed by atoms with Gasteiger partial charge in [-0.15, -0.1) is 0 Å². The standard InChI is InChI=1S/C16H11NO/c17-10-12-9-11-5-1-2-7-14(11)16(18)15-8-4-3-6-13(12)15/h1-9,16,18H/t16-/m0/s1. The van der Waals surface area contributed by atoms with Gasteiger partial charge in [-0.05, 0) is 28.3 Å². The van der Waals surface area contributed by atoms with E-state index < -0.39 is 6.10 Å². The highest BCUT2D eigenvalue weighted by Crippen LogP contribution is 2.35. The molecule has 2 heteroatoms. The van der Waals surface area contributed by atoms with E-state index in [1.54, 1.807) is 0 Å². The summed E-state index contributed by atoms with van der Waals surface area (Å²) < 4.78 is 0. The number of hydrogen-bond donors (Lipinski definition) is 1. The van der Waals surface area contributed by atoms with Crippen LogP contribution in [0.25, 0.3) is 11.6 Å². The number of aliphatic hydroxyl groups excluding tert-OH is 1. The van der Waals surface area contributed by atoms with Crippen LogP contribution >= 0.6 is 0 Å². The molecule has 0 saturated carbocycles. The first-order valence-corrected chi connectivity index (χ1v) is 5.79. The quantitative estimate of drug-likeness (QED) is 0.759. The lowest BCUT2D eigenvalue weighted by molar-refractivity contribution is 0.220. The van der Waals surface area contributed by atoms with Gasteiger partial charge < -0.3 is 5.11 Å². The van der Waals surface area contributed by atoms with Gasteiger partial charge in [0.1, 0.15) is 6.10 Å². The molecule has 0 radical (unpaired) electrons. The molecule has 1 aliphatic rings. The summed E-state index contributed by atoms with van der Waals surface area (Å²) in [6.07, 6.45) is 1.16. The molecule has 0 fully saturated rings. The fraction of sp³-hybridized carbons (Fsp3) is 0.0625. The molecule has 2 aromatic rings. The Hall–Kier alpha value is -2.37. The number of fused-ring (bicyclic) bond motifs is 2. The molecule has 0 amide bonds. The topological polar surface area (TPSA) is 44.0 Å². The molecular weight excluding hydrogens is 222 g/mol. The van der Waals surface area contributed by atoms with Crippen LogP contribution in [0, 0.1) is 11.3 Å². The minimum atomic E-state index is -0.681. The number of benzene rings is 2. The fourth-order valence-corrected chi connectivity index (χ4v) is 2.37. The maximum atomic E-state index is 10.5. The second-order valence-corrected chi connectivity index (χ2v) is 4.29. The van der Waals surface area contributed by atoms with Crippen molar-refractivity contribution in [2.45, 2.75) is 6.10 Å². The normalized spacial score (nSPS) is 16.9. The Balaban J connectivity index is 2.35. The van der Waals surface area contributed by atoms with Crippen LogP contribution in [0.5, 0.6) is 0 Å². The lowest BCUT2D eigenvalue weighted by Crippen LogP contribution is -2.02. The summed E-state index contributed by atoms with van der Waals surface area (Å²) in [5.41, 5.74) is 3.93. The summed E-state index contributed by atoms with van der Waals surface area (Å²) in [6, 6.07) is 17.3. The molecule has 0 saturated heterocycles. The van der Waals surface area contributed by atoms with E-state index in [1.165, 1.54) is 0 Å². The maximum absolute atomic E-state index is 10.5. The third-order valence-corrected chi connectivity index (χ3v) is 3.26. The van der Waals surface area contributed by atoms with Crippen LogP contribution in [-0.2, 0) is 0 Å². The number of rotatable bonds is 0. The Morgan fingerprint density at radius 2 is 1.61 bits per heavy atom. The van der Waals surface area contributed by atoms with Crippen LogP contribution in [0.3, 0.4) is 0 Å². The van der Waals surface area contributed by atoms with Crippen molar-refractivity contribution in [1.82, 2.24) is 0 Å². The van der Waals surface area contributed by atoms with Gasteiger partial charge in [0.15, 0.2) is 0 Å². The van der Waals surface area contributed by atoms with Gasteiger partial charge >= 0.3 is 0 Å². The van der Waals surface area contributed by atoms with E-state index in [0.29, 0.717) is 5.57 Å². The maximum Gasteiger partial charge on any atom is 0.105 e. The molecule has 1 atom stereocenters. The van der Waals surface area contributed by atoms with Crippen LogP contribution in [0.15, 0.2) is 48.5 Å². The van der Waals surface area contributed by atoms with Gasteiger partial charge in [-0.1, -0.05) is 48.5 Å². The fourth-order valence-electron chi connectivity index (χ4n) is 2.37. The third kappa shape index (κ3) is 1.54. The van der Waals surface area contributed by atoms with Crippen molar-refractivity contribution in [2.75, 3.05) is 0 Å². The van der Waals surface area contributed by atoms with E-state index in [9.17, 15) is 10.4 Å². The first kappa shape index (κ1) is 10.8. The second-order valence-electron chi connectivity index (χ2n) is 4.29. The molecule has 86 valence electrons. The lowest BCUT2D eigenvalue weighted by atomic mass is 9.95. The zero-order valence-corrected chi connectivity index (χ0v) is 9.67. The summed E-state index contributed by atoms with van der Waals surface area (Å²) in [5, 5.41) is 19.7. The second kappa shape index (κ2) is 4.14. The summed E-state index contributed by atoms with van der Waals surface area (Å²) in [7, 11) is 0. The van der Waals surface area contributed by atoms with Crippen molar-refractivity contribution in [3.63, 3.8) is 0 Å². The zero-order valence-electron chi connectivity index (χ0n) is 9.67. The largest absolute Gasteiger partial charge is 0.384 e. The van der Waals surface area contributed by atoms with Crippen LogP contribution in [0.4, 0.5) is 0 Å². The van der Waals surface area contributed by atoms with E-state index in [2.05, 4.69) is 6.07 Å². The monoisotopic (exact) mass is 233 g/mol. The van der Waals surface area contributed by atoms with Crippen molar-refractivity contribution in [1.29, 1.82) is 5.26 Å². The van der Waals surface area contributed by atoms with Gasteiger partial charge in [-0.2, -0.15) is 5.26 Å². The van der Waals surface area contributed by atoms with Gasteiger partial charge in [0.2, 0.25) is 0 Å². The molecule has 3 rings (SSSR count). The molecule has 0 unspecified atom stereocenters. The minimum Gasteiger partial charge on any atom is -0.384 e. The van der Waals surface area contributed by atoms with E-state index >= 15 is 0 Å². The van der Waals surface area contributed by atoms with Crippen molar-refractivity contribution >= 4 is 11.6 Å². The van der Waals surface area contributed by atoms with Crippen molar-refractivity contribution in [3.05, 3.63) is 70.8 Å². The number of hydrogen-bond acceptors (Lipinski definition) is 2. The van der Waals surface area contributed by atoms with Gasteiger partial charge in [0.05, 0.1) is 11.6 Å². The average molecular weight is 233 g/mol. The van der Waals surface area contributed by atoms with Crippen LogP contribution in [0.2, 0.25) is 0 Å². The van der Waals surface area contributed by atoms with Gasteiger partial charge in [-0.25, -0.2) is 0 Å². The Labute approximate surface area is 105 Å². The zero-order chi connectivity index (χ0) is 12.5. The van der Waals surface area contributed by atoms with Crippen LogP contribution < -0.4 is 0 Å². The number of allylic oxidation sites excluding steroid dienone is 1. The summed E-state index contributed by atoms with van der Waals surface area (Å²) in [4.78, 5) is 0. The molecule has 0 heterocycles. The van der Waals surface area contributed by atoms with Crippen molar-refractivity contribution in [2.24, 2.45) is 0 Å². The number of nitriles is 1. The molecule has 0 aromatic heterocycles. The summed E-state index contributed by atoms with van der Waals surface area (Å²) in [6.45, 7) is 0. The molecule has 1 aliphatic carbocycles. The van der Waals surface area contributed by atoms with E-state index in [1.807, 2.05) is 54.6 Å². The molecule has 1 N–H and O–H groups in total. The van der Waals surface area contributed by atoms with Gasteiger partial charge in [-0.3, -0.25) is 0 Å². The highest BCUT2D eigenvalue weighted by Gasteiger charge is 2.21. The van der Waals surface area contributed by atoms with Crippen LogP contribution in [0.1, 0.15) is 28.4 Å². The number of aliphatic hydroxyl groups is 1. The first-order valence-electron chi connectivity index (χ1n) is 5.79. The summed E-state index contributed by atoms with van der Waals surface area (Å²) in [5.74, 6) is 0. The Kier molecular flexibility index (Phi) is 2.47. The SMILES string of the molecule is N#CC1=Cc2ccccc2[C@H](O)c2ccccc21. The van der Waals surface area contributed by atoms with Crippen molar-refractivity contribution in [3.8, 4) is 6.07 Å². The Morgan fingerprint density at radius 1 is 0.944 bits per heavy atom. The molecule has 0 bridgehead atoms. The third-order valence-electron chi connectivity index (χ3n) is 3.26. The Bertz CT molecular complexity index is 679.